The SMILES string of the molecule is CCC(CCN(C)C(=O)CCI)c1ccccc1. The van der Waals surface area contributed by atoms with Crippen molar-refractivity contribution in [3.8, 4) is 0 Å². The molecule has 0 aliphatic rings. The van der Waals surface area contributed by atoms with Crippen molar-refractivity contribution in [3.05, 3.63) is 35.9 Å². The Bertz CT molecular complexity index is 353. The summed E-state index contributed by atoms with van der Waals surface area (Å²) in [5.74, 6) is 0.813. The van der Waals surface area contributed by atoms with Gasteiger partial charge in [-0.15, -0.1) is 0 Å². The van der Waals surface area contributed by atoms with E-state index in [9.17, 15) is 4.79 Å². The third-order valence-electron chi connectivity index (χ3n) is 3.31. The second kappa shape index (κ2) is 8.51. The molecule has 0 aromatic heterocycles. The van der Waals surface area contributed by atoms with Gasteiger partial charge in [0.05, 0.1) is 0 Å². The van der Waals surface area contributed by atoms with Crippen LogP contribution in [-0.2, 0) is 4.79 Å². The molecule has 1 rings (SSSR count). The number of benzene rings is 1. The van der Waals surface area contributed by atoms with Crippen LogP contribution in [0, 0.1) is 0 Å². The molecule has 0 aliphatic heterocycles. The van der Waals surface area contributed by atoms with Crippen LogP contribution in [0.2, 0.25) is 0 Å². The Kier molecular flexibility index (Phi) is 7.32. The van der Waals surface area contributed by atoms with Crippen molar-refractivity contribution < 1.29 is 4.79 Å². The van der Waals surface area contributed by atoms with E-state index in [-0.39, 0.29) is 5.91 Å². The first kappa shape index (κ1) is 15.5. The second-order valence-corrected chi connectivity index (χ2v) is 5.64. The summed E-state index contributed by atoms with van der Waals surface area (Å²) >= 11 is 2.25. The Morgan fingerprint density at radius 2 is 2.00 bits per heavy atom. The zero-order chi connectivity index (χ0) is 13.4. The molecule has 1 unspecified atom stereocenters. The molecule has 1 atom stereocenters. The van der Waals surface area contributed by atoms with Crippen molar-refractivity contribution in [3.63, 3.8) is 0 Å². The molecule has 1 aromatic rings. The zero-order valence-electron chi connectivity index (χ0n) is 11.2. The predicted octanol–water partition coefficient (Wildman–Crippen LogP) is 3.85. The van der Waals surface area contributed by atoms with Crippen molar-refractivity contribution in [2.75, 3.05) is 18.0 Å². The minimum Gasteiger partial charge on any atom is -0.346 e. The van der Waals surface area contributed by atoms with Crippen molar-refractivity contribution >= 4 is 28.5 Å². The van der Waals surface area contributed by atoms with Crippen LogP contribution in [0.5, 0.6) is 0 Å². The number of amides is 1. The fourth-order valence-electron chi connectivity index (χ4n) is 2.08. The number of carbonyl (C=O) groups is 1. The highest BCUT2D eigenvalue weighted by molar-refractivity contribution is 14.1. The van der Waals surface area contributed by atoms with Crippen LogP contribution >= 0.6 is 22.6 Å². The highest BCUT2D eigenvalue weighted by Crippen LogP contribution is 2.23. The van der Waals surface area contributed by atoms with Gasteiger partial charge in [0.2, 0.25) is 5.91 Å². The number of halogens is 1. The van der Waals surface area contributed by atoms with Gasteiger partial charge in [0, 0.05) is 24.4 Å². The van der Waals surface area contributed by atoms with Crippen molar-refractivity contribution in [1.29, 1.82) is 0 Å². The maximum atomic E-state index is 11.7. The highest BCUT2D eigenvalue weighted by Gasteiger charge is 2.12. The molecule has 3 heteroatoms. The molecule has 2 nitrogen and oxygen atoms in total. The fourth-order valence-corrected chi connectivity index (χ4v) is 2.54. The van der Waals surface area contributed by atoms with E-state index < -0.39 is 0 Å². The van der Waals surface area contributed by atoms with Gasteiger partial charge in [-0.2, -0.15) is 0 Å². The van der Waals surface area contributed by atoms with E-state index in [1.54, 1.807) is 0 Å². The molecule has 0 saturated heterocycles. The summed E-state index contributed by atoms with van der Waals surface area (Å²) in [6.45, 7) is 3.06. The largest absolute Gasteiger partial charge is 0.346 e. The molecule has 0 fully saturated rings. The van der Waals surface area contributed by atoms with Crippen LogP contribution in [-0.4, -0.2) is 28.8 Å². The van der Waals surface area contributed by atoms with E-state index in [0.29, 0.717) is 12.3 Å². The van der Waals surface area contributed by atoms with Gasteiger partial charge in [-0.25, -0.2) is 0 Å². The van der Waals surface area contributed by atoms with E-state index in [4.69, 9.17) is 0 Å². The average molecular weight is 359 g/mol. The molecule has 0 saturated carbocycles. The summed E-state index contributed by atoms with van der Waals surface area (Å²) in [5, 5.41) is 0. The molecule has 1 amide bonds. The van der Waals surface area contributed by atoms with Crippen molar-refractivity contribution in [2.45, 2.75) is 32.1 Å². The minimum absolute atomic E-state index is 0.257. The van der Waals surface area contributed by atoms with Gasteiger partial charge < -0.3 is 4.90 Å². The van der Waals surface area contributed by atoms with Gasteiger partial charge in [0.25, 0.3) is 0 Å². The lowest BCUT2D eigenvalue weighted by Crippen LogP contribution is -2.28. The summed E-state index contributed by atoms with van der Waals surface area (Å²) in [5.41, 5.74) is 1.38. The summed E-state index contributed by atoms with van der Waals surface area (Å²) in [6.07, 6.45) is 2.82. The smallest absolute Gasteiger partial charge is 0.223 e. The molecule has 0 N–H and O–H groups in total. The maximum absolute atomic E-state index is 11.7. The Balaban J connectivity index is 2.48. The van der Waals surface area contributed by atoms with Gasteiger partial charge in [0.1, 0.15) is 0 Å². The Labute approximate surface area is 124 Å². The molecule has 0 aliphatic carbocycles. The Hall–Kier alpha value is -0.580. The second-order valence-electron chi connectivity index (χ2n) is 4.56. The molecule has 1 aromatic carbocycles. The summed E-state index contributed by atoms with van der Waals surface area (Å²) in [6, 6.07) is 10.6. The predicted molar refractivity (Wildman–Crippen MR) is 85.2 cm³/mol. The third-order valence-corrected chi connectivity index (χ3v) is 3.85. The van der Waals surface area contributed by atoms with E-state index in [2.05, 4.69) is 53.8 Å². The number of carbonyl (C=O) groups excluding carboxylic acids is 1. The lowest BCUT2D eigenvalue weighted by Gasteiger charge is -2.21. The normalized spacial score (nSPS) is 12.2. The van der Waals surface area contributed by atoms with Crippen LogP contribution in [0.15, 0.2) is 30.3 Å². The summed E-state index contributed by atoms with van der Waals surface area (Å²) < 4.78 is 0.900. The van der Waals surface area contributed by atoms with Crippen LogP contribution in [0.1, 0.15) is 37.7 Å². The van der Waals surface area contributed by atoms with Gasteiger partial charge >= 0.3 is 0 Å². The van der Waals surface area contributed by atoms with Crippen LogP contribution < -0.4 is 0 Å². The van der Waals surface area contributed by atoms with E-state index >= 15 is 0 Å². The molecule has 0 spiro atoms. The maximum Gasteiger partial charge on any atom is 0.223 e. The van der Waals surface area contributed by atoms with Gasteiger partial charge in [-0.05, 0) is 24.3 Å². The number of rotatable bonds is 7. The first-order valence-corrected chi connectivity index (χ1v) is 8.06. The number of nitrogens with zero attached hydrogens (tertiary/aromatic N) is 1. The monoisotopic (exact) mass is 359 g/mol. The average Bonchev–Trinajstić information content (AvgIpc) is 2.40. The molecule has 0 radical (unpaired) electrons. The first-order valence-electron chi connectivity index (χ1n) is 6.53. The summed E-state index contributed by atoms with van der Waals surface area (Å²) in [7, 11) is 1.91. The van der Waals surface area contributed by atoms with Crippen LogP contribution in [0.25, 0.3) is 0 Å². The molecule has 18 heavy (non-hydrogen) atoms. The molecular weight excluding hydrogens is 337 g/mol. The quantitative estimate of drug-likeness (QED) is 0.535. The first-order chi connectivity index (χ1) is 8.69. The van der Waals surface area contributed by atoms with E-state index in [0.717, 1.165) is 23.8 Å². The van der Waals surface area contributed by atoms with E-state index in [1.807, 2.05) is 18.0 Å². The Morgan fingerprint density at radius 3 is 2.56 bits per heavy atom. The van der Waals surface area contributed by atoms with Crippen LogP contribution in [0.4, 0.5) is 0 Å². The number of hydrogen-bond acceptors (Lipinski definition) is 1. The van der Waals surface area contributed by atoms with Crippen molar-refractivity contribution in [2.24, 2.45) is 0 Å². The molecule has 0 bridgehead atoms. The lowest BCUT2D eigenvalue weighted by molar-refractivity contribution is -0.129. The van der Waals surface area contributed by atoms with Gasteiger partial charge in [-0.3, -0.25) is 4.79 Å². The third kappa shape index (κ3) is 4.96. The number of alkyl halides is 1. The van der Waals surface area contributed by atoms with Crippen LogP contribution in [0.3, 0.4) is 0 Å². The fraction of sp³-hybridized carbons (Fsp3) is 0.533. The van der Waals surface area contributed by atoms with Crippen molar-refractivity contribution in [1.82, 2.24) is 4.90 Å². The van der Waals surface area contributed by atoms with Gasteiger partial charge in [-0.1, -0.05) is 59.8 Å². The highest BCUT2D eigenvalue weighted by atomic mass is 127. The van der Waals surface area contributed by atoms with E-state index in [1.165, 1.54) is 5.56 Å². The summed E-state index contributed by atoms with van der Waals surface area (Å²) in [4.78, 5) is 13.6. The Morgan fingerprint density at radius 1 is 1.33 bits per heavy atom. The number of hydrogen-bond donors (Lipinski definition) is 0. The standard InChI is InChI=1S/C15H22INO/c1-3-13(14-7-5-4-6-8-14)10-12-17(2)15(18)9-11-16/h4-8,13H,3,9-12H2,1-2H3. The zero-order valence-corrected chi connectivity index (χ0v) is 13.4. The van der Waals surface area contributed by atoms with Gasteiger partial charge in [0.15, 0.2) is 0 Å². The minimum atomic E-state index is 0.257. The molecule has 100 valence electrons. The molecule has 0 heterocycles. The topological polar surface area (TPSA) is 20.3 Å². The molecular formula is C15H22INO. The lowest BCUT2D eigenvalue weighted by atomic mass is 9.93.